The zero-order valence-corrected chi connectivity index (χ0v) is 20.5. The lowest BCUT2D eigenvalue weighted by Crippen LogP contribution is -2.32. The van der Waals surface area contributed by atoms with Crippen LogP contribution >= 0.6 is 0 Å². The molecule has 1 amide bonds. The molecule has 2 heterocycles. The van der Waals surface area contributed by atoms with Crippen molar-refractivity contribution in [2.75, 3.05) is 19.7 Å². The number of H-pyrrole nitrogens is 1. The molecule has 1 aliphatic heterocycles. The summed E-state index contributed by atoms with van der Waals surface area (Å²) in [5.74, 6) is 1.49. The molecule has 36 heavy (non-hydrogen) atoms. The van der Waals surface area contributed by atoms with Crippen molar-refractivity contribution in [2.24, 2.45) is 11.0 Å². The summed E-state index contributed by atoms with van der Waals surface area (Å²) in [4.78, 5) is 19.5. The molecule has 4 N–H and O–H groups in total. The third-order valence-corrected chi connectivity index (χ3v) is 6.10. The Morgan fingerprint density at radius 2 is 2.00 bits per heavy atom. The Labute approximate surface area is 211 Å². The van der Waals surface area contributed by atoms with Gasteiger partial charge in [-0.15, -0.1) is 6.58 Å². The van der Waals surface area contributed by atoms with Crippen LogP contribution in [0, 0.1) is 5.92 Å². The van der Waals surface area contributed by atoms with Crippen LogP contribution in [0.2, 0.25) is 0 Å². The maximum absolute atomic E-state index is 11.6. The Bertz CT molecular complexity index is 1220. The molecule has 1 aliphatic rings. The predicted octanol–water partition coefficient (Wildman–Crippen LogP) is 3.24. The zero-order chi connectivity index (χ0) is 25.3. The van der Waals surface area contributed by atoms with E-state index in [0.717, 1.165) is 52.5 Å². The number of amides is 1. The lowest BCUT2D eigenvalue weighted by molar-refractivity contribution is -0.121. The summed E-state index contributed by atoms with van der Waals surface area (Å²) < 4.78 is 5.83. The van der Waals surface area contributed by atoms with Crippen LogP contribution in [-0.4, -0.2) is 52.5 Å². The van der Waals surface area contributed by atoms with Crippen molar-refractivity contribution in [3.05, 3.63) is 84.2 Å². The number of aromatic nitrogens is 2. The molecule has 0 bridgehead atoms. The molecule has 8 heteroatoms. The summed E-state index contributed by atoms with van der Waals surface area (Å²) in [6.45, 7) is 7.11. The average molecular weight is 488 g/mol. The van der Waals surface area contributed by atoms with Gasteiger partial charge in [-0.3, -0.25) is 4.79 Å². The molecule has 0 radical (unpaired) electrons. The van der Waals surface area contributed by atoms with Gasteiger partial charge < -0.3 is 20.1 Å². The number of aliphatic hydroxyl groups excluding tert-OH is 1. The number of hydrazone groups is 1. The highest BCUT2D eigenvalue weighted by molar-refractivity contribution is 6.04. The van der Waals surface area contributed by atoms with Gasteiger partial charge in [0.15, 0.2) is 0 Å². The van der Waals surface area contributed by atoms with Gasteiger partial charge in [0.05, 0.1) is 17.6 Å². The Morgan fingerprint density at radius 1 is 1.22 bits per heavy atom. The van der Waals surface area contributed by atoms with Gasteiger partial charge in [0, 0.05) is 24.4 Å². The van der Waals surface area contributed by atoms with E-state index in [1.807, 2.05) is 55.5 Å². The van der Waals surface area contributed by atoms with Gasteiger partial charge in [-0.2, -0.15) is 5.10 Å². The summed E-state index contributed by atoms with van der Waals surface area (Å²) in [7, 11) is 0. The highest BCUT2D eigenvalue weighted by Gasteiger charge is 2.23. The fraction of sp³-hybridized carbons (Fsp3) is 0.321. The van der Waals surface area contributed by atoms with Crippen molar-refractivity contribution in [3.63, 3.8) is 0 Å². The van der Waals surface area contributed by atoms with E-state index in [2.05, 4.69) is 38.5 Å². The molecule has 2 aromatic carbocycles. The van der Waals surface area contributed by atoms with Crippen molar-refractivity contribution < 1.29 is 14.6 Å². The van der Waals surface area contributed by atoms with Crippen LogP contribution in [0.1, 0.15) is 30.2 Å². The maximum atomic E-state index is 11.6. The van der Waals surface area contributed by atoms with Crippen LogP contribution in [0.5, 0.6) is 5.75 Å². The number of aliphatic hydroxyl groups is 1. The normalized spacial score (nSPS) is 16.2. The average Bonchev–Trinajstić information content (AvgIpc) is 3.36. The Balaban J connectivity index is 1.29. The van der Waals surface area contributed by atoms with Crippen molar-refractivity contribution in [1.82, 2.24) is 20.7 Å². The van der Waals surface area contributed by atoms with E-state index in [1.165, 1.54) is 0 Å². The Morgan fingerprint density at radius 3 is 2.81 bits per heavy atom. The molecule has 0 spiro atoms. The molecule has 8 nitrogen and oxygen atoms in total. The SMILES string of the molecule is C=CCc1ccccc1OCC(O)CNCCc1ccccc1-c1ncc(C2=NNC(=O)CC2C)[nH]1. The lowest BCUT2D eigenvalue weighted by atomic mass is 9.98. The number of nitrogens with zero attached hydrogens (tertiary/aromatic N) is 2. The number of ether oxygens (including phenoxy) is 1. The Kier molecular flexibility index (Phi) is 8.65. The van der Waals surface area contributed by atoms with Gasteiger partial charge in [0.2, 0.25) is 5.91 Å². The number of carbonyl (C=O) groups is 1. The monoisotopic (exact) mass is 487 g/mol. The highest BCUT2D eigenvalue weighted by atomic mass is 16.5. The van der Waals surface area contributed by atoms with Gasteiger partial charge in [0.25, 0.3) is 0 Å². The van der Waals surface area contributed by atoms with Crippen LogP contribution in [0.4, 0.5) is 0 Å². The zero-order valence-electron chi connectivity index (χ0n) is 20.5. The van der Waals surface area contributed by atoms with E-state index in [9.17, 15) is 9.90 Å². The molecule has 188 valence electrons. The lowest BCUT2D eigenvalue weighted by Gasteiger charge is -2.17. The van der Waals surface area contributed by atoms with Gasteiger partial charge in [-0.25, -0.2) is 10.4 Å². The number of carbonyl (C=O) groups excluding carboxylic acids is 1. The van der Waals surface area contributed by atoms with Crippen LogP contribution in [0.15, 0.2) is 72.5 Å². The van der Waals surface area contributed by atoms with Crippen molar-refractivity contribution in [3.8, 4) is 17.1 Å². The number of benzene rings is 2. The molecule has 0 saturated carbocycles. The number of hydrogen-bond acceptors (Lipinski definition) is 6. The summed E-state index contributed by atoms with van der Waals surface area (Å²) in [6.07, 6.45) is 4.89. The van der Waals surface area contributed by atoms with Crippen molar-refractivity contribution >= 4 is 11.6 Å². The molecular formula is C28H33N5O3. The number of rotatable bonds is 12. The fourth-order valence-corrected chi connectivity index (χ4v) is 4.24. The molecule has 3 aromatic rings. The van der Waals surface area contributed by atoms with Crippen LogP contribution in [0.3, 0.4) is 0 Å². The van der Waals surface area contributed by atoms with Gasteiger partial charge in [-0.1, -0.05) is 55.5 Å². The largest absolute Gasteiger partial charge is 0.491 e. The van der Waals surface area contributed by atoms with Crippen molar-refractivity contribution in [2.45, 2.75) is 32.3 Å². The van der Waals surface area contributed by atoms with Crippen LogP contribution < -0.4 is 15.5 Å². The second-order valence-corrected chi connectivity index (χ2v) is 8.96. The van der Waals surface area contributed by atoms with E-state index < -0.39 is 6.10 Å². The third kappa shape index (κ3) is 6.47. The second kappa shape index (κ2) is 12.3. The first-order chi connectivity index (χ1) is 17.5. The molecule has 0 saturated heterocycles. The van der Waals surface area contributed by atoms with E-state index >= 15 is 0 Å². The molecule has 2 unspecified atom stereocenters. The minimum absolute atomic E-state index is 0.0253. The molecule has 0 aliphatic carbocycles. The molecular weight excluding hydrogens is 454 g/mol. The van der Waals surface area contributed by atoms with E-state index in [0.29, 0.717) is 19.5 Å². The van der Waals surface area contributed by atoms with Gasteiger partial charge in [0.1, 0.15) is 24.3 Å². The summed E-state index contributed by atoms with van der Waals surface area (Å²) in [6, 6.07) is 15.9. The van der Waals surface area contributed by atoms with E-state index in [4.69, 9.17) is 4.74 Å². The fourth-order valence-electron chi connectivity index (χ4n) is 4.24. The van der Waals surface area contributed by atoms with Gasteiger partial charge >= 0.3 is 0 Å². The second-order valence-electron chi connectivity index (χ2n) is 8.96. The minimum Gasteiger partial charge on any atom is -0.491 e. The Hall–Kier alpha value is -3.75. The summed E-state index contributed by atoms with van der Waals surface area (Å²) in [5.41, 5.74) is 7.37. The maximum Gasteiger partial charge on any atom is 0.240 e. The first-order valence-corrected chi connectivity index (χ1v) is 12.3. The number of allylic oxidation sites excluding steroid dienone is 1. The van der Waals surface area contributed by atoms with Crippen molar-refractivity contribution in [1.29, 1.82) is 0 Å². The number of aromatic amines is 1. The number of nitrogens with one attached hydrogen (secondary N) is 3. The first-order valence-electron chi connectivity index (χ1n) is 12.3. The van der Waals surface area contributed by atoms with E-state index in [-0.39, 0.29) is 18.4 Å². The van der Waals surface area contributed by atoms with Crippen LogP contribution in [0.25, 0.3) is 11.4 Å². The van der Waals surface area contributed by atoms with Crippen LogP contribution in [-0.2, 0) is 17.6 Å². The summed E-state index contributed by atoms with van der Waals surface area (Å²) >= 11 is 0. The number of para-hydroxylation sites is 1. The summed E-state index contributed by atoms with van der Waals surface area (Å²) in [5, 5.41) is 17.9. The molecule has 0 fully saturated rings. The topological polar surface area (TPSA) is 112 Å². The highest BCUT2D eigenvalue weighted by Crippen LogP contribution is 2.23. The quantitative estimate of drug-likeness (QED) is 0.232. The first kappa shape index (κ1) is 25.3. The third-order valence-electron chi connectivity index (χ3n) is 6.10. The minimum atomic E-state index is -0.622. The standard InChI is InChI=1S/C28H33N5O3/c1-3-8-21-10-5-7-12-25(21)36-18-22(34)16-29-14-13-20-9-4-6-11-23(20)28-30-17-24(31-28)27-19(2)15-26(35)32-33-27/h3-7,9-12,17,19,22,29,34H,1,8,13-16,18H2,2H3,(H,30,31)(H,32,35). The number of imidazole rings is 1. The number of hydrogen-bond donors (Lipinski definition) is 4. The van der Waals surface area contributed by atoms with Gasteiger partial charge in [-0.05, 0) is 36.6 Å². The van der Waals surface area contributed by atoms with E-state index in [1.54, 1.807) is 6.20 Å². The molecule has 1 aromatic heterocycles. The molecule has 4 rings (SSSR count). The smallest absolute Gasteiger partial charge is 0.240 e. The predicted molar refractivity (Wildman–Crippen MR) is 141 cm³/mol. The molecule has 2 atom stereocenters.